The molecule has 118 valence electrons. The minimum atomic E-state index is -0.723. The molecule has 2 aromatic carbocycles. The van der Waals surface area contributed by atoms with E-state index >= 15 is 0 Å². The van der Waals surface area contributed by atoms with Crippen LogP contribution in [0, 0.1) is 5.82 Å². The van der Waals surface area contributed by atoms with Crippen LogP contribution in [0.3, 0.4) is 0 Å². The van der Waals surface area contributed by atoms with Gasteiger partial charge in [-0.15, -0.1) is 0 Å². The first-order chi connectivity index (χ1) is 11.0. The third-order valence-corrected chi connectivity index (χ3v) is 4.92. The summed E-state index contributed by atoms with van der Waals surface area (Å²) in [5.74, 6) is 0.342. The number of ether oxygens (including phenoxy) is 1. The Morgan fingerprint density at radius 1 is 1.35 bits per heavy atom. The fourth-order valence-electron chi connectivity index (χ4n) is 3.36. The van der Waals surface area contributed by atoms with E-state index in [1.807, 2.05) is 30.0 Å². The third kappa shape index (κ3) is 2.26. The Bertz CT molecular complexity index is 815. The number of para-hydroxylation sites is 1. The summed E-state index contributed by atoms with van der Waals surface area (Å²) in [5, 5.41) is 4.40. The molecule has 2 aliphatic heterocycles. The topological polar surface area (TPSA) is 24.5 Å². The molecule has 0 spiro atoms. The van der Waals surface area contributed by atoms with E-state index in [-0.39, 0.29) is 11.9 Å². The van der Waals surface area contributed by atoms with Gasteiger partial charge in [-0.25, -0.2) is 4.39 Å². The molecule has 23 heavy (non-hydrogen) atoms. The van der Waals surface area contributed by atoms with Crippen LogP contribution < -0.4 is 15.0 Å². The highest BCUT2D eigenvalue weighted by Gasteiger charge is 2.48. The maximum Gasteiger partial charge on any atom is 0.188 e. The molecule has 6 heteroatoms. The maximum atomic E-state index is 13.6. The van der Waals surface area contributed by atoms with Gasteiger partial charge in [0.15, 0.2) is 10.8 Å². The zero-order chi connectivity index (χ0) is 16.2. The summed E-state index contributed by atoms with van der Waals surface area (Å²) in [6.07, 6.45) is 0.678. The summed E-state index contributed by atoms with van der Waals surface area (Å²) in [7, 11) is 0. The predicted molar refractivity (Wildman–Crippen MR) is 92.5 cm³/mol. The molecule has 0 radical (unpaired) electrons. The second-order valence-corrected chi connectivity index (χ2v) is 6.75. The molecule has 0 amide bonds. The number of hydrogen-bond acceptors (Lipinski definition) is 2. The molecular weight excluding hydrogens is 335 g/mol. The van der Waals surface area contributed by atoms with Crippen LogP contribution in [0.25, 0.3) is 0 Å². The SMILES string of the molecule is C[C@@]12C[C@@H](NC(=S)N1c1cccc(F)c1)c1cccc(Cl)c1O2. The lowest BCUT2D eigenvalue weighted by molar-refractivity contribution is 0.0498. The highest BCUT2D eigenvalue weighted by atomic mass is 35.5. The second-order valence-electron chi connectivity index (χ2n) is 5.96. The van der Waals surface area contributed by atoms with Crippen LogP contribution >= 0.6 is 23.8 Å². The van der Waals surface area contributed by atoms with Gasteiger partial charge < -0.3 is 10.1 Å². The molecule has 4 rings (SSSR count). The van der Waals surface area contributed by atoms with Gasteiger partial charge in [0.05, 0.1) is 11.1 Å². The normalized spacial score (nSPS) is 25.4. The molecule has 2 bridgehead atoms. The van der Waals surface area contributed by atoms with E-state index in [0.29, 0.717) is 28.0 Å². The Morgan fingerprint density at radius 3 is 2.91 bits per heavy atom. The maximum absolute atomic E-state index is 13.6. The van der Waals surface area contributed by atoms with Crippen molar-refractivity contribution in [1.82, 2.24) is 5.32 Å². The van der Waals surface area contributed by atoms with Crippen molar-refractivity contribution in [2.45, 2.75) is 25.1 Å². The summed E-state index contributed by atoms with van der Waals surface area (Å²) < 4.78 is 19.9. The third-order valence-electron chi connectivity index (χ3n) is 4.32. The number of nitrogens with zero attached hydrogens (tertiary/aromatic N) is 1. The average Bonchev–Trinajstić information content (AvgIpc) is 2.48. The average molecular weight is 349 g/mol. The first-order valence-corrected chi connectivity index (χ1v) is 8.10. The zero-order valence-corrected chi connectivity index (χ0v) is 13.9. The van der Waals surface area contributed by atoms with E-state index in [1.165, 1.54) is 12.1 Å². The smallest absolute Gasteiger partial charge is 0.188 e. The van der Waals surface area contributed by atoms with Crippen molar-refractivity contribution in [2.75, 3.05) is 4.90 Å². The van der Waals surface area contributed by atoms with Gasteiger partial charge in [-0.3, -0.25) is 4.90 Å². The van der Waals surface area contributed by atoms with Gasteiger partial charge in [-0.05, 0) is 43.4 Å². The Hall–Kier alpha value is -1.85. The van der Waals surface area contributed by atoms with Gasteiger partial charge in [-0.2, -0.15) is 0 Å². The number of benzene rings is 2. The number of halogens is 2. The molecule has 1 fully saturated rings. The van der Waals surface area contributed by atoms with Crippen molar-refractivity contribution in [3.63, 3.8) is 0 Å². The standard InChI is InChI=1S/C17H14ClFN2OS/c1-17-9-14(12-6-3-7-13(18)15(12)22-17)20-16(23)21(17)11-5-2-4-10(19)8-11/h2-8,14H,9H2,1H3,(H,20,23)/t14-,17-/m1/s1. The summed E-state index contributed by atoms with van der Waals surface area (Å²) in [6, 6.07) is 12.0. The molecule has 0 aliphatic carbocycles. The Labute approximate surface area is 144 Å². The Balaban J connectivity index is 1.84. The molecule has 3 nitrogen and oxygen atoms in total. The Morgan fingerprint density at radius 2 is 2.13 bits per heavy atom. The predicted octanol–water partition coefficient (Wildman–Crippen LogP) is 4.41. The zero-order valence-electron chi connectivity index (χ0n) is 12.3. The monoisotopic (exact) mass is 348 g/mol. The number of rotatable bonds is 1. The van der Waals surface area contributed by atoms with Crippen LogP contribution in [-0.2, 0) is 0 Å². The van der Waals surface area contributed by atoms with Crippen molar-refractivity contribution >= 4 is 34.6 Å². The molecule has 0 unspecified atom stereocenters. The minimum Gasteiger partial charge on any atom is -0.466 e. The van der Waals surface area contributed by atoms with E-state index in [4.69, 9.17) is 28.6 Å². The molecule has 2 atom stereocenters. The summed E-state index contributed by atoms with van der Waals surface area (Å²) in [6.45, 7) is 1.95. The van der Waals surface area contributed by atoms with Crippen molar-refractivity contribution < 1.29 is 9.13 Å². The van der Waals surface area contributed by atoms with Gasteiger partial charge in [0.1, 0.15) is 11.6 Å². The van der Waals surface area contributed by atoms with Crippen LogP contribution in [-0.4, -0.2) is 10.8 Å². The van der Waals surface area contributed by atoms with E-state index in [2.05, 4.69) is 5.32 Å². The highest BCUT2D eigenvalue weighted by molar-refractivity contribution is 7.80. The largest absolute Gasteiger partial charge is 0.466 e. The lowest BCUT2D eigenvalue weighted by Gasteiger charge is -2.52. The Kier molecular flexibility index (Phi) is 3.25. The molecule has 1 saturated heterocycles. The van der Waals surface area contributed by atoms with E-state index in [1.54, 1.807) is 12.1 Å². The number of thiocarbonyl (C=S) groups is 1. The highest BCUT2D eigenvalue weighted by Crippen LogP contribution is 2.48. The van der Waals surface area contributed by atoms with Gasteiger partial charge >= 0.3 is 0 Å². The quantitative estimate of drug-likeness (QED) is 0.771. The molecule has 0 saturated carbocycles. The van der Waals surface area contributed by atoms with E-state index < -0.39 is 5.72 Å². The van der Waals surface area contributed by atoms with Gasteiger partial charge in [0.2, 0.25) is 0 Å². The first kappa shape index (κ1) is 14.7. The van der Waals surface area contributed by atoms with E-state index in [0.717, 1.165) is 5.56 Å². The first-order valence-electron chi connectivity index (χ1n) is 7.32. The molecule has 2 aromatic rings. The molecule has 2 aliphatic rings. The van der Waals surface area contributed by atoms with Gasteiger partial charge in [0.25, 0.3) is 0 Å². The summed E-state index contributed by atoms with van der Waals surface area (Å²) in [4.78, 5) is 1.81. The lowest BCUT2D eigenvalue weighted by Crippen LogP contribution is -2.65. The summed E-state index contributed by atoms with van der Waals surface area (Å²) >= 11 is 11.8. The molecular formula is C17H14ClFN2OS. The van der Waals surface area contributed by atoms with E-state index in [9.17, 15) is 4.39 Å². The second kappa shape index (κ2) is 5.08. The fraction of sp³-hybridized carbons (Fsp3) is 0.235. The number of hydrogen-bond donors (Lipinski definition) is 1. The van der Waals surface area contributed by atoms with Crippen molar-refractivity contribution in [3.8, 4) is 5.75 Å². The van der Waals surface area contributed by atoms with Gasteiger partial charge in [0, 0.05) is 17.7 Å². The molecule has 1 N–H and O–H groups in total. The van der Waals surface area contributed by atoms with Crippen LogP contribution in [0.4, 0.5) is 10.1 Å². The number of anilines is 1. The molecule has 0 aromatic heterocycles. The van der Waals surface area contributed by atoms with Crippen LogP contribution in [0.15, 0.2) is 42.5 Å². The summed E-state index contributed by atoms with van der Waals surface area (Å²) in [5.41, 5.74) is 0.925. The number of fused-ring (bicyclic) bond motifs is 4. The van der Waals surface area contributed by atoms with Crippen LogP contribution in [0.5, 0.6) is 5.75 Å². The number of nitrogens with one attached hydrogen (secondary N) is 1. The van der Waals surface area contributed by atoms with Crippen molar-refractivity contribution in [2.24, 2.45) is 0 Å². The van der Waals surface area contributed by atoms with Crippen molar-refractivity contribution in [3.05, 3.63) is 58.9 Å². The van der Waals surface area contributed by atoms with Crippen LogP contribution in [0.2, 0.25) is 5.02 Å². The van der Waals surface area contributed by atoms with Crippen LogP contribution in [0.1, 0.15) is 24.9 Å². The van der Waals surface area contributed by atoms with Gasteiger partial charge in [-0.1, -0.05) is 29.8 Å². The lowest BCUT2D eigenvalue weighted by atomic mass is 9.90. The van der Waals surface area contributed by atoms with Crippen molar-refractivity contribution in [1.29, 1.82) is 0 Å². The fourth-order valence-corrected chi connectivity index (χ4v) is 4.02. The minimum absolute atomic E-state index is 0.0276. The molecule has 2 heterocycles.